The molecule has 0 aliphatic carbocycles. The van der Waals surface area contributed by atoms with Gasteiger partial charge in [0, 0.05) is 12.8 Å². The summed E-state index contributed by atoms with van der Waals surface area (Å²) in [5.41, 5.74) is 0. The van der Waals surface area contributed by atoms with E-state index in [1.807, 2.05) is 13.0 Å². The van der Waals surface area contributed by atoms with E-state index in [-0.39, 0.29) is 5.79 Å². The maximum atomic E-state index is 5.36. The lowest BCUT2D eigenvalue weighted by atomic mass is 10.1. The first kappa shape index (κ1) is 7.61. The predicted molar refractivity (Wildman–Crippen MR) is 39.5 cm³/mol. The summed E-state index contributed by atoms with van der Waals surface area (Å²) in [6, 6.07) is 0. The van der Waals surface area contributed by atoms with E-state index in [4.69, 9.17) is 9.47 Å². The maximum absolute atomic E-state index is 5.36. The number of allylic oxidation sites excluding steroid dienone is 1. The monoisotopic (exact) mass is 142 g/mol. The minimum Gasteiger partial charge on any atom is -0.470 e. The van der Waals surface area contributed by atoms with Gasteiger partial charge in [0.15, 0.2) is 0 Å². The summed E-state index contributed by atoms with van der Waals surface area (Å²) in [4.78, 5) is 0. The van der Waals surface area contributed by atoms with Crippen molar-refractivity contribution in [3.05, 3.63) is 12.3 Å². The largest absolute Gasteiger partial charge is 0.470 e. The topological polar surface area (TPSA) is 18.5 Å². The Morgan fingerprint density at radius 1 is 1.70 bits per heavy atom. The smallest absolute Gasteiger partial charge is 0.211 e. The second-order valence-electron chi connectivity index (χ2n) is 2.45. The fraction of sp³-hybridized carbons (Fsp3) is 0.750. The molecule has 1 unspecified atom stereocenters. The van der Waals surface area contributed by atoms with Gasteiger partial charge in [0.2, 0.25) is 5.79 Å². The van der Waals surface area contributed by atoms with Crippen molar-refractivity contribution < 1.29 is 9.47 Å². The molecule has 0 aromatic carbocycles. The van der Waals surface area contributed by atoms with Crippen molar-refractivity contribution >= 4 is 0 Å². The Morgan fingerprint density at radius 3 is 2.70 bits per heavy atom. The van der Waals surface area contributed by atoms with Crippen LogP contribution in [-0.2, 0) is 9.47 Å². The van der Waals surface area contributed by atoms with Crippen molar-refractivity contribution in [2.24, 2.45) is 0 Å². The summed E-state index contributed by atoms with van der Waals surface area (Å²) < 4.78 is 10.7. The second-order valence-corrected chi connectivity index (χ2v) is 2.45. The summed E-state index contributed by atoms with van der Waals surface area (Å²) in [6.45, 7) is 4.84. The van der Waals surface area contributed by atoms with Crippen LogP contribution in [0.5, 0.6) is 0 Å². The summed E-state index contributed by atoms with van der Waals surface area (Å²) in [7, 11) is 0. The minimum absolute atomic E-state index is 0.271. The molecule has 2 heteroatoms. The van der Waals surface area contributed by atoms with Crippen LogP contribution >= 0.6 is 0 Å². The van der Waals surface area contributed by atoms with Gasteiger partial charge in [-0.3, -0.25) is 0 Å². The molecule has 1 atom stereocenters. The highest BCUT2D eigenvalue weighted by Crippen LogP contribution is 2.31. The van der Waals surface area contributed by atoms with Gasteiger partial charge in [-0.2, -0.15) is 0 Å². The third-order valence-electron chi connectivity index (χ3n) is 1.81. The number of rotatable bonds is 3. The van der Waals surface area contributed by atoms with Crippen LogP contribution in [0.4, 0.5) is 0 Å². The lowest BCUT2D eigenvalue weighted by Gasteiger charge is -2.39. The molecule has 0 aromatic rings. The van der Waals surface area contributed by atoms with Crippen molar-refractivity contribution in [2.75, 3.05) is 6.61 Å². The van der Waals surface area contributed by atoms with Gasteiger partial charge in [0.05, 0.1) is 12.9 Å². The Kier molecular flexibility index (Phi) is 2.33. The van der Waals surface area contributed by atoms with Gasteiger partial charge >= 0.3 is 0 Å². The van der Waals surface area contributed by atoms with Gasteiger partial charge in [-0.15, -0.1) is 0 Å². The van der Waals surface area contributed by atoms with Crippen LogP contribution in [0.3, 0.4) is 0 Å². The normalized spacial score (nSPS) is 32.2. The molecular formula is C8H14O2. The molecule has 1 saturated heterocycles. The van der Waals surface area contributed by atoms with Crippen LogP contribution in [0.2, 0.25) is 0 Å². The molecule has 1 heterocycles. The van der Waals surface area contributed by atoms with E-state index in [0.29, 0.717) is 0 Å². The van der Waals surface area contributed by atoms with E-state index < -0.39 is 0 Å². The lowest BCUT2D eigenvalue weighted by Crippen LogP contribution is -2.44. The molecule has 0 aromatic heterocycles. The molecule has 1 fully saturated rings. The molecule has 0 saturated carbocycles. The summed E-state index contributed by atoms with van der Waals surface area (Å²) in [5.74, 6) is -0.271. The Morgan fingerprint density at radius 2 is 2.40 bits per heavy atom. The van der Waals surface area contributed by atoms with Crippen molar-refractivity contribution in [2.45, 2.75) is 32.5 Å². The van der Waals surface area contributed by atoms with Gasteiger partial charge in [0.1, 0.15) is 0 Å². The van der Waals surface area contributed by atoms with E-state index in [0.717, 1.165) is 19.4 Å². The third kappa shape index (κ3) is 1.32. The Labute approximate surface area is 61.8 Å². The third-order valence-corrected chi connectivity index (χ3v) is 1.81. The van der Waals surface area contributed by atoms with Gasteiger partial charge in [-0.05, 0) is 6.92 Å². The highest BCUT2D eigenvalue weighted by Gasteiger charge is 2.37. The molecule has 0 N–H and O–H groups in total. The zero-order valence-electron chi connectivity index (χ0n) is 6.59. The Hall–Kier alpha value is -0.500. The highest BCUT2D eigenvalue weighted by molar-refractivity contribution is 4.80. The minimum atomic E-state index is -0.271. The fourth-order valence-electron chi connectivity index (χ4n) is 0.977. The van der Waals surface area contributed by atoms with Gasteiger partial charge in [0.25, 0.3) is 0 Å². The van der Waals surface area contributed by atoms with Crippen LogP contribution in [0, 0.1) is 0 Å². The van der Waals surface area contributed by atoms with E-state index in [9.17, 15) is 0 Å². The first-order valence-corrected chi connectivity index (χ1v) is 3.76. The quantitative estimate of drug-likeness (QED) is 0.561. The molecule has 1 rings (SSSR count). The first-order chi connectivity index (χ1) is 4.83. The number of ether oxygens (including phenoxy) is 2. The molecule has 1 aliphatic heterocycles. The molecule has 58 valence electrons. The zero-order valence-corrected chi connectivity index (χ0v) is 6.59. The van der Waals surface area contributed by atoms with Gasteiger partial charge in [-0.1, -0.05) is 13.0 Å². The molecule has 2 nitrogen and oxygen atoms in total. The first-order valence-electron chi connectivity index (χ1n) is 3.76. The van der Waals surface area contributed by atoms with Crippen LogP contribution in [0.1, 0.15) is 26.7 Å². The fourth-order valence-corrected chi connectivity index (χ4v) is 0.977. The summed E-state index contributed by atoms with van der Waals surface area (Å²) in [6.07, 6.45) is 5.52. The second kappa shape index (κ2) is 3.06. The van der Waals surface area contributed by atoms with Crippen LogP contribution in [0.25, 0.3) is 0 Å². The lowest BCUT2D eigenvalue weighted by molar-refractivity contribution is -0.285. The van der Waals surface area contributed by atoms with E-state index >= 15 is 0 Å². The zero-order chi connectivity index (χ0) is 7.45. The van der Waals surface area contributed by atoms with Crippen molar-refractivity contribution in [3.8, 4) is 0 Å². The Balaban J connectivity index is 2.33. The molecule has 0 bridgehead atoms. The van der Waals surface area contributed by atoms with E-state index in [2.05, 4.69) is 6.92 Å². The van der Waals surface area contributed by atoms with Crippen LogP contribution < -0.4 is 0 Å². The molecule has 0 amide bonds. The molecule has 10 heavy (non-hydrogen) atoms. The van der Waals surface area contributed by atoms with Crippen molar-refractivity contribution in [1.29, 1.82) is 0 Å². The van der Waals surface area contributed by atoms with E-state index in [1.165, 1.54) is 0 Å². The molecular weight excluding hydrogens is 128 g/mol. The highest BCUT2D eigenvalue weighted by atomic mass is 16.7. The van der Waals surface area contributed by atoms with E-state index in [1.54, 1.807) is 6.26 Å². The van der Waals surface area contributed by atoms with Gasteiger partial charge < -0.3 is 9.47 Å². The average Bonchev–Trinajstić information content (AvgIpc) is 1.87. The summed E-state index contributed by atoms with van der Waals surface area (Å²) >= 11 is 0. The predicted octanol–water partition coefficient (Wildman–Crippen LogP) is 2.06. The van der Waals surface area contributed by atoms with Gasteiger partial charge in [-0.25, -0.2) is 0 Å². The maximum Gasteiger partial charge on any atom is 0.211 e. The van der Waals surface area contributed by atoms with Crippen LogP contribution in [-0.4, -0.2) is 12.4 Å². The average molecular weight is 142 g/mol. The summed E-state index contributed by atoms with van der Waals surface area (Å²) in [5, 5.41) is 0. The van der Waals surface area contributed by atoms with Crippen LogP contribution in [0.15, 0.2) is 12.3 Å². The Bertz CT molecular complexity index is 120. The molecule has 1 aliphatic rings. The number of hydrogen-bond donors (Lipinski definition) is 0. The van der Waals surface area contributed by atoms with Crippen molar-refractivity contribution in [1.82, 2.24) is 0 Å². The standard InChI is InChI=1S/C8H14O2/c1-3-6-9-8(4-2)5-7-10-8/h3,6H,4-5,7H2,1-2H3. The van der Waals surface area contributed by atoms with Crippen molar-refractivity contribution in [3.63, 3.8) is 0 Å². The molecule has 0 radical (unpaired) electrons. The SMILES string of the molecule is CC=COC1(CC)CCO1. The number of hydrogen-bond acceptors (Lipinski definition) is 2. The molecule has 0 spiro atoms.